The SMILES string of the molecule is COc1cccc([C@@H](C)NC(C)c2ccc(F)cc2O)c1. The highest BCUT2D eigenvalue weighted by Crippen LogP contribution is 2.27. The summed E-state index contributed by atoms with van der Waals surface area (Å²) in [6.45, 7) is 3.97. The maximum Gasteiger partial charge on any atom is 0.126 e. The number of benzene rings is 2. The Balaban J connectivity index is 2.12. The van der Waals surface area contributed by atoms with E-state index in [1.165, 1.54) is 6.07 Å². The molecule has 2 N–H and O–H groups in total. The fraction of sp³-hybridized carbons (Fsp3) is 0.294. The lowest BCUT2D eigenvalue weighted by atomic mass is 10.0. The van der Waals surface area contributed by atoms with E-state index in [0.717, 1.165) is 17.4 Å². The van der Waals surface area contributed by atoms with Gasteiger partial charge in [-0.05, 0) is 37.6 Å². The standard InChI is InChI=1S/C17H20FNO2/c1-11(13-5-4-6-15(9-13)21-3)19-12(2)16-8-7-14(18)10-17(16)20/h4-12,19-20H,1-3H3/t11-,12?/m1/s1. The lowest BCUT2D eigenvalue weighted by Gasteiger charge is -2.21. The molecule has 0 aliphatic carbocycles. The van der Waals surface area contributed by atoms with Gasteiger partial charge < -0.3 is 15.2 Å². The molecule has 2 atom stereocenters. The third kappa shape index (κ3) is 3.73. The van der Waals surface area contributed by atoms with E-state index in [9.17, 15) is 9.50 Å². The van der Waals surface area contributed by atoms with Crippen molar-refractivity contribution in [3.8, 4) is 11.5 Å². The van der Waals surface area contributed by atoms with Gasteiger partial charge >= 0.3 is 0 Å². The van der Waals surface area contributed by atoms with Crippen molar-refractivity contribution in [2.24, 2.45) is 0 Å². The molecule has 0 aromatic heterocycles. The highest BCUT2D eigenvalue weighted by atomic mass is 19.1. The van der Waals surface area contributed by atoms with Gasteiger partial charge in [-0.25, -0.2) is 4.39 Å². The van der Waals surface area contributed by atoms with Gasteiger partial charge in [0.15, 0.2) is 0 Å². The van der Waals surface area contributed by atoms with Crippen molar-refractivity contribution in [3.05, 3.63) is 59.4 Å². The van der Waals surface area contributed by atoms with Crippen molar-refractivity contribution in [1.82, 2.24) is 5.32 Å². The van der Waals surface area contributed by atoms with Crippen LogP contribution in [0, 0.1) is 5.82 Å². The third-order valence-electron chi connectivity index (χ3n) is 3.55. The number of hydrogen-bond acceptors (Lipinski definition) is 3. The minimum Gasteiger partial charge on any atom is -0.508 e. The molecule has 0 heterocycles. The number of methoxy groups -OCH3 is 1. The molecule has 0 aliphatic rings. The Morgan fingerprint density at radius 2 is 1.86 bits per heavy atom. The van der Waals surface area contributed by atoms with Crippen LogP contribution in [0.1, 0.15) is 37.1 Å². The molecule has 0 saturated heterocycles. The fourth-order valence-electron chi connectivity index (χ4n) is 2.35. The molecule has 4 heteroatoms. The smallest absolute Gasteiger partial charge is 0.126 e. The molecule has 2 rings (SSSR count). The molecule has 0 amide bonds. The molecular formula is C17H20FNO2. The highest BCUT2D eigenvalue weighted by molar-refractivity contribution is 5.35. The van der Waals surface area contributed by atoms with Gasteiger partial charge in [0.25, 0.3) is 0 Å². The highest BCUT2D eigenvalue weighted by Gasteiger charge is 2.15. The van der Waals surface area contributed by atoms with Gasteiger partial charge in [0.05, 0.1) is 7.11 Å². The Kier molecular flexibility index (Phi) is 4.81. The summed E-state index contributed by atoms with van der Waals surface area (Å²) < 4.78 is 18.2. The molecule has 0 bridgehead atoms. The van der Waals surface area contributed by atoms with E-state index >= 15 is 0 Å². The number of phenols is 1. The summed E-state index contributed by atoms with van der Waals surface area (Å²) in [5.41, 5.74) is 1.76. The summed E-state index contributed by atoms with van der Waals surface area (Å²) in [5, 5.41) is 13.2. The molecule has 0 radical (unpaired) electrons. The van der Waals surface area contributed by atoms with Crippen molar-refractivity contribution >= 4 is 0 Å². The summed E-state index contributed by atoms with van der Waals surface area (Å²) >= 11 is 0. The zero-order valence-corrected chi connectivity index (χ0v) is 12.4. The Morgan fingerprint density at radius 1 is 1.10 bits per heavy atom. The van der Waals surface area contributed by atoms with Crippen molar-refractivity contribution in [2.75, 3.05) is 7.11 Å². The van der Waals surface area contributed by atoms with E-state index in [1.807, 2.05) is 38.1 Å². The van der Waals surface area contributed by atoms with E-state index in [1.54, 1.807) is 13.2 Å². The van der Waals surface area contributed by atoms with Gasteiger partial charge in [-0.2, -0.15) is 0 Å². The first-order chi connectivity index (χ1) is 10.0. The van der Waals surface area contributed by atoms with Crippen LogP contribution < -0.4 is 10.1 Å². The van der Waals surface area contributed by atoms with Gasteiger partial charge in [0.2, 0.25) is 0 Å². The van der Waals surface area contributed by atoms with Gasteiger partial charge in [-0.1, -0.05) is 18.2 Å². The fourth-order valence-corrected chi connectivity index (χ4v) is 2.35. The molecule has 0 saturated carbocycles. The number of nitrogens with one attached hydrogen (secondary N) is 1. The molecule has 0 fully saturated rings. The summed E-state index contributed by atoms with van der Waals surface area (Å²) in [7, 11) is 1.64. The van der Waals surface area contributed by atoms with E-state index < -0.39 is 5.82 Å². The Labute approximate surface area is 124 Å². The minimum absolute atomic E-state index is 0.0344. The first kappa shape index (κ1) is 15.3. The summed E-state index contributed by atoms with van der Waals surface area (Å²) in [5.74, 6) is 0.329. The predicted octanol–water partition coefficient (Wildman–Crippen LogP) is 3.95. The van der Waals surface area contributed by atoms with Crippen LogP contribution >= 0.6 is 0 Å². The Bertz CT molecular complexity index is 615. The average Bonchev–Trinajstić information content (AvgIpc) is 2.47. The molecule has 21 heavy (non-hydrogen) atoms. The van der Waals surface area contributed by atoms with Crippen LogP contribution in [0.15, 0.2) is 42.5 Å². The number of phenolic OH excluding ortho intramolecular Hbond substituents is 1. The van der Waals surface area contributed by atoms with Gasteiger partial charge in [-0.3, -0.25) is 0 Å². The minimum atomic E-state index is -0.440. The normalized spacial score (nSPS) is 13.7. The van der Waals surface area contributed by atoms with Gasteiger partial charge in [-0.15, -0.1) is 0 Å². The number of hydrogen-bond donors (Lipinski definition) is 2. The number of rotatable bonds is 5. The Hall–Kier alpha value is -2.07. The van der Waals surface area contributed by atoms with E-state index in [4.69, 9.17) is 4.74 Å². The van der Waals surface area contributed by atoms with E-state index in [-0.39, 0.29) is 17.8 Å². The lowest BCUT2D eigenvalue weighted by Crippen LogP contribution is -2.22. The number of aromatic hydroxyl groups is 1. The van der Waals surface area contributed by atoms with Crippen molar-refractivity contribution in [3.63, 3.8) is 0 Å². The first-order valence-electron chi connectivity index (χ1n) is 6.89. The van der Waals surface area contributed by atoms with Crippen LogP contribution in [-0.2, 0) is 0 Å². The van der Waals surface area contributed by atoms with Crippen LogP contribution in [0.3, 0.4) is 0 Å². The predicted molar refractivity (Wildman–Crippen MR) is 81.0 cm³/mol. The van der Waals surface area contributed by atoms with Crippen LogP contribution in [0.2, 0.25) is 0 Å². The lowest BCUT2D eigenvalue weighted by molar-refractivity contribution is 0.411. The van der Waals surface area contributed by atoms with E-state index in [0.29, 0.717) is 5.56 Å². The quantitative estimate of drug-likeness (QED) is 0.875. The van der Waals surface area contributed by atoms with Crippen molar-refractivity contribution in [1.29, 1.82) is 0 Å². The van der Waals surface area contributed by atoms with Crippen molar-refractivity contribution in [2.45, 2.75) is 25.9 Å². The average molecular weight is 289 g/mol. The monoisotopic (exact) mass is 289 g/mol. The van der Waals surface area contributed by atoms with Crippen LogP contribution in [0.4, 0.5) is 4.39 Å². The van der Waals surface area contributed by atoms with Gasteiger partial charge in [0.1, 0.15) is 17.3 Å². The summed E-state index contributed by atoms with van der Waals surface area (Å²) in [6.07, 6.45) is 0. The van der Waals surface area contributed by atoms with E-state index in [2.05, 4.69) is 5.32 Å². The number of halogens is 1. The molecule has 3 nitrogen and oxygen atoms in total. The second-order valence-electron chi connectivity index (χ2n) is 5.09. The third-order valence-corrected chi connectivity index (χ3v) is 3.55. The molecule has 0 aliphatic heterocycles. The maximum atomic E-state index is 13.0. The van der Waals surface area contributed by atoms with Gasteiger partial charge in [0, 0.05) is 23.7 Å². The zero-order chi connectivity index (χ0) is 15.4. The van der Waals surface area contributed by atoms with Crippen LogP contribution in [-0.4, -0.2) is 12.2 Å². The number of ether oxygens (including phenoxy) is 1. The molecule has 1 unspecified atom stereocenters. The second-order valence-corrected chi connectivity index (χ2v) is 5.09. The second kappa shape index (κ2) is 6.59. The van der Waals surface area contributed by atoms with Crippen molar-refractivity contribution < 1.29 is 14.2 Å². The van der Waals surface area contributed by atoms with Crippen LogP contribution in [0.5, 0.6) is 11.5 Å². The maximum absolute atomic E-state index is 13.0. The first-order valence-corrected chi connectivity index (χ1v) is 6.89. The summed E-state index contributed by atoms with van der Waals surface area (Å²) in [6, 6.07) is 11.9. The molecule has 0 spiro atoms. The molecule has 112 valence electrons. The topological polar surface area (TPSA) is 41.5 Å². The Morgan fingerprint density at radius 3 is 2.52 bits per heavy atom. The summed E-state index contributed by atoms with van der Waals surface area (Å²) in [4.78, 5) is 0. The molecule has 2 aromatic carbocycles. The zero-order valence-electron chi connectivity index (χ0n) is 12.4. The van der Waals surface area contributed by atoms with Crippen LogP contribution in [0.25, 0.3) is 0 Å². The molecule has 2 aromatic rings. The largest absolute Gasteiger partial charge is 0.508 e. The molecular weight excluding hydrogens is 269 g/mol.